The number of azide groups is 1. The highest BCUT2D eigenvalue weighted by atomic mass is 19.4. The zero-order valence-corrected chi connectivity index (χ0v) is 22.9. The van der Waals surface area contributed by atoms with Gasteiger partial charge in [-0.3, -0.25) is 10.2 Å². The van der Waals surface area contributed by atoms with Crippen molar-refractivity contribution >= 4 is 17.5 Å². The lowest BCUT2D eigenvalue weighted by Crippen LogP contribution is -2.52. The minimum Gasteiger partial charge on any atom is -0.494 e. The summed E-state index contributed by atoms with van der Waals surface area (Å²) < 4.78 is 52.3. The molecule has 4 rings (SSSR count). The highest BCUT2D eigenvalue weighted by molar-refractivity contribution is 6.01. The van der Waals surface area contributed by atoms with E-state index in [1.54, 1.807) is 48.5 Å². The molecular formula is C30H29F3N6O4. The molecule has 3 N–H and O–H groups in total. The highest BCUT2D eigenvalue weighted by Crippen LogP contribution is 2.45. The van der Waals surface area contributed by atoms with Crippen LogP contribution in [0.15, 0.2) is 95.6 Å². The molecule has 0 aliphatic carbocycles. The topological polar surface area (TPSA) is 141 Å². The number of rotatable bonds is 13. The van der Waals surface area contributed by atoms with Gasteiger partial charge < -0.3 is 14.6 Å². The number of carbonyl (C=O) groups excluding carboxylic acids is 1. The molecule has 0 saturated carbocycles. The molecule has 3 aromatic carbocycles. The lowest BCUT2D eigenvalue weighted by Gasteiger charge is -2.30. The SMILES string of the molecule is C=CC[C@]1(C(=O)NNCc2ccccc2C(F)(F)F)N=C(c2ccc(OCCCO)cc2)O[C@H]1c1ccccc1N=[N+]=[N-]. The number of hydrogen-bond donors (Lipinski definition) is 3. The Morgan fingerprint density at radius 3 is 2.58 bits per heavy atom. The molecule has 3 aromatic rings. The summed E-state index contributed by atoms with van der Waals surface area (Å²) in [5, 5.41) is 12.7. The highest BCUT2D eigenvalue weighted by Gasteiger charge is 2.53. The van der Waals surface area contributed by atoms with E-state index in [0.717, 1.165) is 6.07 Å². The van der Waals surface area contributed by atoms with Gasteiger partial charge in [-0.25, -0.2) is 10.4 Å². The van der Waals surface area contributed by atoms with Crippen LogP contribution in [0, 0.1) is 0 Å². The van der Waals surface area contributed by atoms with E-state index in [9.17, 15) is 18.0 Å². The fourth-order valence-corrected chi connectivity index (χ4v) is 4.64. The number of hydrazine groups is 1. The van der Waals surface area contributed by atoms with Gasteiger partial charge >= 0.3 is 6.18 Å². The number of aliphatic hydroxyl groups excluding tert-OH is 1. The molecular weight excluding hydrogens is 565 g/mol. The maximum atomic E-state index is 13.9. The number of hydrogen-bond acceptors (Lipinski definition) is 7. The van der Waals surface area contributed by atoms with E-state index in [-0.39, 0.29) is 36.7 Å². The van der Waals surface area contributed by atoms with E-state index in [2.05, 4.69) is 27.5 Å². The Kier molecular flexibility index (Phi) is 10.0. The quantitative estimate of drug-likeness (QED) is 0.0551. The molecule has 10 nitrogen and oxygen atoms in total. The maximum Gasteiger partial charge on any atom is 0.416 e. The average Bonchev–Trinajstić information content (AvgIpc) is 3.38. The molecule has 1 heterocycles. The first-order valence-corrected chi connectivity index (χ1v) is 13.3. The number of aliphatic imine (C=N–C) groups is 1. The molecule has 0 radical (unpaired) electrons. The van der Waals surface area contributed by atoms with Gasteiger partial charge in [0.25, 0.3) is 5.91 Å². The number of amides is 1. The number of halogens is 3. The van der Waals surface area contributed by atoms with Gasteiger partial charge in [0, 0.05) is 47.7 Å². The van der Waals surface area contributed by atoms with Crippen LogP contribution >= 0.6 is 0 Å². The fourth-order valence-electron chi connectivity index (χ4n) is 4.64. The molecule has 1 aliphatic heterocycles. The summed E-state index contributed by atoms with van der Waals surface area (Å²) in [5.74, 6) is -0.0295. The van der Waals surface area contributed by atoms with E-state index in [1.807, 2.05) is 0 Å². The van der Waals surface area contributed by atoms with Crippen LogP contribution in [0.3, 0.4) is 0 Å². The van der Waals surface area contributed by atoms with Gasteiger partial charge in [0.05, 0.1) is 12.2 Å². The van der Waals surface area contributed by atoms with Gasteiger partial charge in [-0.15, -0.1) is 6.58 Å². The second-order valence-electron chi connectivity index (χ2n) is 9.49. The van der Waals surface area contributed by atoms with Crippen molar-refractivity contribution in [3.8, 4) is 5.75 Å². The molecule has 0 aromatic heterocycles. The van der Waals surface area contributed by atoms with Gasteiger partial charge in [0.1, 0.15) is 5.75 Å². The standard InChI is InChI=1S/C30H29F3N6O4/c1-2-16-29(28(41)38-35-19-21-8-3-5-10-24(21)30(31,32)33)26(23-9-4-6-11-25(23)37-39-34)43-27(36-29)20-12-14-22(15-13-20)42-18-7-17-40/h2-6,8-15,26,35,40H,1,7,16-19H2,(H,38,41)/t26-,29-/m0/s1. The summed E-state index contributed by atoms with van der Waals surface area (Å²) in [7, 11) is 0. The molecule has 13 heteroatoms. The van der Waals surface area contributed by atoms with E-state index < -0.39 is 29.3 Å². The summed E-state index contributed by atoms with van der Waals surface area (Å²) in [6.07, 6.45) is -3.73. The summed E-state index contributed by atoms with van der Waals surface area (Å²) in [6.45, 7) is 3.79. The van der Waals surface area contributed by atoms with Gasteiger partial charge in [-0.1, -0.05) is 53.7 Å². The summed E-state index contributed by atoms with van der Waals surface area (Å²) in [4.78, 5) is 21.5. The zero-order valence-electron chi connectivity index (χ0n) is 22.9. The first-order chi connectivity index (χ1) is 20.7. The van der Waals surface area contributed by atoms with E-state index in [0.29, 0.717) is 29.9 Å². The monoisotopic (exact) mass is 594 g/mol. The first kappa shape index (κ1) is 31.1. The van der Waals surface area contributed by atoms with Gasteiger partial charge in [0.15, 0.2) is 11.6 Å². The second-order valence-corrected chi connectivity index (χ2v) is 9.49. The van der Waals surface area contributed by atoms with Gasteiger partial charge in [-0.2, -0.15) is 13.2 Å². The predicted octanol–water partition coefficient (Wildman–Crippen LogP) is 6.06. The van der Waals surface area contributed by atoms with Crippen molar-refractivity contribution in [1.29, 1.82) is 0 Å². The number of benzene rings is 3. The third-order valence-corrected chi connectivity index (χ3v) is 6.66. The minimum atomic E-state index is -4.57. The fraction of sp³-hybridized carbons (Fsp3) is 0.267. The lowest BCUT2D eigenvalue weighted by atomic mass is 9.84. The third kappa shape index (κ3) is 7.15. The van der Waals surface area contributed by atoms with Crippen molar-refractivity contribution in [3.63, 3.8) is 0 Å². The molecule has 0 unspecified atom stereocenters. The molecule has 0 bridgehead atoms. The van der Waals surface area contributed by atoms with Crippen LogP contribution in [-0.4, -0.2) is 35.7 Å². The smallest absolute Gasteiger partial charge is 0.416 e. The molecule has 2 atom stereocenters. The number of alkyl halides is 3. The molecule has 1 aliphatic rings. The number of nitrogens with zero attached hydrogens (tertiary/aromatic N) is 4. The number of ether oxygens (including phenoxy) is 2. The minimum absolute atomic E-state index is 0.00140. The summed E-state index contributed by atoms with van der Waals surface area (Å²) >= 11 is 0. The Morgan fingerprint density at radius 1 is 1.16 bits per heavy atom. The van der Waals surface area contributed by atoms with E-state index >= 15 is 0 Å². The van der Waals surface area contributed by atoms with Crippen LogP contribution in [0.5, 0.6) is 5.75 Å². The lowest BCUT2D eigenvalue weighted by molar-refractivity contribution is -0.138. The zero-order chi connectivity index (χ0) is 30.9. The Labute approximate surface area is 245 Å². The molecule has 0 saturated heterocycles. The van der Waals surface area contributed by atoms with Crippen LogP contribution in [0.25, 0.3) is 10.4 Å². The van der Waals surface area contributed by atoms with E-state index in [1.165, 1.54) is 24.3 Å². The van der Waals surface area contributed by atoms with Gasteiger partial charge in [-0.05, 0) is 41.4 Å². The third-order valence-electron chi connectivity index (χ3n) is 6.66. The van der Waals surface area contributed by atoms with E-state index in [4.69, 9.17) is 25.1 Å². The second kappa shape index (κ2) is 13.9. The molecule has 224 valence electrons. The molecule has 43 heavy (non-hydrogen) atoms. The maximum absolute atomic E-state index is 13.9. The van der Waals surface area contributed by atoms with Crippen LogP contribution in [0.4, 0.5) is 18.9 Å². The number of carbonyl (C=O) groups is 1. The molecule has 0 spiro atoms. The normalized spacial score (nSPS) is 17.8. The Morgan fingerprint density at radius 2 is 1.88 bits per heavy atom. The van der Waals surface area contributed by atoms with Crippen molar-refractivity contribution in [2.45, 2.75) is 37.2 Å². The largest absolute Gasteiger partial charge is 0.494 e. The van der Waals surface area contributed by atoms with Gasteiger partial charge in [0.2, 0.25) is 5.90 Å². The van der Waals surface area contributed by atoms with Crippen LogP contribution in [0.1, 0.15) is 41.2 Å². The van der Waals surface area contributed by atoms with Crippen molar-refractivity contribution in [2.24, 2.45) is 10.1 Å². The number of nitrogens with one attached hydrogen (secondary N) is 2. The van der Waals surface area contributed by atoms with Crippen LogP contribution in [0.2, 0.25) is 0 Å². The van der Waals surface area contributed by atoms with Crippen LogP contribution in [-0.2, 0) is 22.3 Å². The van der Waals surface area contributed by atoms with Crippen molar-refractivity contribution in [3.05, 3.63) is 118 Å². The number of aliphatic hydroxyl groups is 1. The molecule has 0 fully saturated rings. The predicted molar refractivity (Wildman–Crippen MR) is 153 cm³/mol. The average molecular weight is 595 g/mol. The van der Waals surface area contributed by atoms with Crippen molar-refractivity contribution < 1.29 is 32.5 Å². The molecule has 1 amide bonds. The summed E-state index contributed by atoms with van der Waals surface area (Å²) in [5.41, 5.74) is 12.8. The summed E-state index contributed by atoms with van der Waals surface area (Å²) in [6, 6.07) is 18.4. The Hall–Kier alpha value is -4.84. The Balaban J connectivity index is 1.68. The van der Waals surface area contributed by atoms with Crippen LogP contribution < -0.4 is 15.6 Å². The van der Waals surface area contributed by atoms with Crippen molar-refractivity contribution in [2.75, 3.05) is 13.2 Å². The van der Waals surface area contributed by atoms with Crippen molar-refractivity contribution in [1.82, 2.24) is 10.9 Å². The first-order valence-electron chi connectivity index (χ1n) is 13.3. The Bertz CT molecular complexity index is 1520.